The van der Waals surface area contributed by atoms with Crippen LogP contribution in [0.1, 0.15) is 41.5 Å². The Bertz CT molecular complexity index is 1470. The zero-order valence-corrected chi connectivity index (χ0v) is 24.9. The highest BCUT2D eigenvalue weighted by Gasteiger charge is 2.37. The fourth-order valence-electron chi connectivity index (χ4n) is 5.26. The first-order valence-corrected chi connectivity index (χ1v) is 13.3. The van der Waals surface area contributed by atoms with E-state index < -0.39 is 0 Å². The standard InChI is InChI=1S/C35H38O6/c1-9-23(11-10-22(2)36-3)16-30-31-20-29(40-7)21-32(41-8)35(31)34(25-17-27(38-5)19-28(18-25)39-6)33(30)24-12-14-26(37-4)15-13-24/h9-15,17-21,34H,2,16H2,1,3-8H3/b11-10-,23-9+/t34-/m1/s1. The van der Waals surface area contributed by atoms with Crippen molar-refractivity contribution in [3.8, 4) is 28.7 Å². The summed E-state index contributed by atoms with van der Waals surface area (Å²) in [6.45, 7) is 5.98. The van der Waals surface area contributed by atoms with Gasteiger partial charge < -0.3 is 28.4 Å². The van der Waals surface area contributed by atoms with Gasteiger partial charge in [0.15, 0.2) is 0 Å². The molecular weight excluding hydrogens is 516 g/mol. The molecule has 41 heavy (non-hydrogen) atoms. The first kappa shape index (κ1) is 29.4. The topological polar surface area (TPSA) is 55.4 Å². The van der Waals surface area contributed by atoms with Crippen LogP contribution in [0.5, 0.6) is 28.7 Å². The van der Waals surface area contributed by atoms with Gasteiger partial charge in [-0.2, -0.15) is 0 Å². The molecule has 6 nitrogen and oxygen atoms in total. The number of methoxy groups -OCH3 is 6. The van der Waals surface area contributed by atoms with Crippen LogP contribution in [0, 0.1) is 0 Å². The van der Waals surface area contributed by atoms with E-state index in [-0.39, 0.29) is 5.92 Å². The maximum Gasteiger partial charge on any atom is 0.127 e. The van der Waals surface area contributed by atoms with Gasteiger partial charge in [-0.3, -0.25) is 0 Å². The Labute approximate surface area is 243 Å². The summed E-state index contributed by atoms with van der Waals surface area (Å²) in [6.07, 6.45) is 6.70. The number of ether oxygens (including phenoxy) is 6. The minimum atomic E-state index is -0.172. The predicted octanol–water partition coefficient (Wildman–Crippen LogP) is 7.84. The van der Waals surface area contributed by atoms with Crippen molar-refractivity contribution in [3.63, 3.8) is 0 Å². The molecule has 3 aromatic carbocycles. The Kier molecular flexibility index (Phi) is 9.45. The quantitative estimate of drug-likeness (QED) is 0.168. The van der Waals surface area contributed by atoms with Gasteiger partial charge >= 0.3 is 0 Å². The highest BCUT2D eigenvalue weighted by Crippen LogP contribution is 2.56. The van der Waals surface area contributed by atoms with Crippen LogP contribution in [0.15, 0.2) is 90.7 Å². The zero-order chi connectivity index (χ0) is 29.5. The van der Waals surface area contributed by atoms with Crippen molar-refractivity contribution >= 4 is 11.1 Å². The Balaban J connectivity index is 2.06. The van der Waals surface area contributed by atoms with Crippen LogP contribution < -0.4 is 23.7 Å². The molecule has 0 bridgehead atoms. The number of hydrogen-bond donors (Lipinski definition) is 0. The lowest BCUT2D eigenvalue weighted by Crippen LogP contribution is -2.05. The van der Waals surface area contributed by atoms with Crippen molar-refractivity contribution in [2.75, 3.05) is 42.7 Å². The molecule has 0 spiro atoms. The Hall–Kier alpha value is -4.58. The number of allylic oxidation sites excluding steroid dienone is 6. The van der Waals surface area contributed by atoms with E-state index in [1.54, 1.807) is 42.7 Å². The maximum absolute atomic E-state index is 6.01. The molecule has 214 valence electrons. The molecule has 0 saturated heterocycles. The van der Waals surface area contributed by atoms with Crippen molar-refractivity contribution in [1.82, 2.24) is 0 Å². The van der Waals surface area contributed by atoms with E-state index in [1.807, 2.05) is 43.3 Å². The van der Waals surface area contributed by atoms with Crippen LogP contribution in [-0.4, -0.2) is 42.7 Å². The minimum Gasteiger partial charge on any atom is -0.497 e. The van der Waals surface area contributed by atoms with E-state index in [2.05, 4.69) is 43.0 Å². The highest BCUT2D eigenvalue weighted by atomic mass is 16.5. The van der Waals surface area contributed by atoms with Gasteiger partial charge in [0.1, 0.15) is 34.5 Å². The normalized spacial score (nSPS) is 14.6. The summed E-state index contributed by atoms with van der Waals surface area (Å²) in [5.41, 5.74) is 7.66. The Morgan fingerprint density at radius 3 is 1.88 bits per heavy atom. The third-order valence-electron chi connectivity index (χ3n) is 7.40. The number of rotatable bonds is 12. The number of fused-ring (bicyclic) bond motifs is 1. The largest absolute Gasteiger partial charge is 0.497 e. The van der Waals surface area contributed by atoms with E-state index in [0.717, 1.165) is 56.2 Å². The third-order valence-corrected chi connectivity index (χ3v) is 7.40. The smallest absolute Gasteiger partial charge is 0.127 e. The van der Waals surface area contributed by atoms with Crippen molar-refractivity contribution in [2.24, 2.45) is 0 Å². The van der Waals surface area contributed by atoms with Crippen molar-refractivity contribution in [1.29, 1.82) is 0 Å². The molecule has 1 atom stereocenters. The average Bonchev–Trinajstić information content (AvgIpc) is 3.35. The van der Waals surface area contributed by atoms with Crippen molar-refractivity contribution < 1.29 is 28.4 Å². The second kappa shape index (κ2) is 13.2. The monoisotopic (exact) mass is 554 g/mol. The number of hydrogen-bond acceptors (Lipinski definition) is 6. The highest BCUT2D eigenvalue weighted by molar-refractivity contribution is 6.03. The lowest BCUT2D eigenvalue weighted by Gasteiger charge is -2.22. The van der Waals surface area contributed by atoms with Gasteiger partial charge in [-0.05, 0) is 83.2 Å². The first-order valence-electron chi connectivity index (χ1n) is 13.3. The molecule has 0 aliphatic heterocycles. The van der Waals surface area contributed by atoms with Gasteiger partial charge in [-0.25, -0.2) is 0 Å². The van der Waals surface area contributed by atoms with E-state index in [0.29, 0.717) is 23.7 Å². The molecule has 0 amide bonds. The Morgan fingerprint density at radius 1 is 0.732 bits per heavy atom. The lowest BCUT2D eigenvalue weighted by atomic mass is 9.84. The molecular formula is C35H38O6. The van der Waals surface area contributed by atoms with Gasteiger partial charge in [0.2, 0.25) is 0 Å². The van der Waals surface area contributed by atoms with Crippen LogP contribution in [-0.2, 0) is 4.74 Å². The Morgan fingerprint density at radius 2 is 1.34 bits per heavy atom. The molecule has 0 saturated carbocycles. The molecule has 0 N–H and O–H groups in total. The molecule has 1 aliphatic carbocycles. The fourth-order valence-corrected chi connectivity index (χ4v) is 5.26. The summed E-state index contributed by atoms with van der Waals surface area (Å²) in [6, 6.07) is 18.2. The van der Waals surface area contributed by atoms with Crippen molar-refractivity contribution in [3.05, 3.63) is 113 Å². The van der Waals surface area contributed by atoms with Crippen LogP contribution in [0.3, 0.4) is 0 Å². The van der Waals surface area contributed by atoms with E-state index in [4.69, 9.17) is 28.4 Å². The third kappa shape index (κ3) is 6.12. The maximum atomic E-state index is 6.01. The second-order valence-corrected chi connectivity index (χ2v) is 9.53. The van der Waals surface area contributed by atoms with Crippen LogP contribution in [0.2, 0.25) is 0 Å². The zero-order valence-electron chi connectivity index (χ0n) is 24.9. The van der Waals surface area contributed by atoms with Crippen LogP contribution in [0.4, 0.5) is 0 Å². The molecule has 6 heteroatoms. The predicted molar refractivity (Wildman–Crippen MR) is 164 cm³/mol. The second-order valence-electron chi connectivity index (χ2n) is 9.53. The average molecular weight is 555 g/mol. The molecule has 0 heterocycles. The summed E-state index contributed by atoms with van der Waals surface area (Å²) < 4.78 is 33.9. The van der Waals surface area contributed by atoms with Crippen LogP contribution in [0.25, 0.3) is 11.1 Å². The molecule has 0 aromatic heterocycles. The SMILES string of the molecule is C=C(/C=C\C(=C/C)CC1=C(c2ccc(OC)cc2)[C@@H](c2cc(OC)cc(OC)c2)c2c(OC)cc(OC)cc21)OC. The molecule has 3 aromatic rings. The molecule has 1 aliphatic rings. The van der Waals surface area contributed by atoms with Gasteiger partial charge in [0, 0.05) is 23.6 Å². The van der Waals surface area contributed by atoms with E-state index in [1.165, 1.54) is 0 Å². The molecule has 0 unspecified atom stereocenters. The summed E-state index contributed by atoms with van der Waals surface area (Å²) >= 11 is 0. The number of benzene rings is 3. The summed E-state index contributed by atoms with van der Waals surface area (Å²) in [5, 5.41) is 0. The van der Waals surface area contributed by atoms with E-state index >= 15 is 0 Å². The fraction of sp³-hybridized carbons (Fsp3) is 0.257. The van der Waals surface area contributed by atoms with Crippen molar-refractivity contribution in [2.45, 2.75) is 19.3 Å². The van der Waals surface area contributed by atoms with Gasteiger partial charge in [-0.1, -0.05) is 30.9 Å². The minimum absolute atomic E-state index is 0.172. The molecule has 4 rings (SSSR count). The van der Waals surface area contributed by atoms with E-state index in [9.17, 15) is 0 Å². The summed E-state index contributed by atoms with van der Waals surface area (Å²) in [7, 11) is 9.98. The molecule has 0 fully saturated rings. The summed E-state index contributed by atoms with van der Waals surface area (Å²) in [5.74, 6) is 4.11. The summed E-state index contributed by atoms with van der Waals surface area (Å²) in [4.78, 5) is 0. The van der Waals surface area contributed by atoms with Gasteiger partial charge in [-0.15, -0.1) is 0 Å². The van der Waals surface area contributed by atoms with Gasteiger partial charge in [0.05, 0.1) is 42.7 Å². The molecule has 0 radical (unpaired) electrons. The van der Waals surface area contributed by atoms with Crippen LogP contribution >= 0.6 is 0 Å². The lowest BCUT2D eigenvalue weighted by molar-refractivity contribution is 0.309. The van der Waals surface area contributed by atoms with Gasteiger partial charge in [0.25, 0.3) is 0 Å². The first-order chi connectivity index (χ1) is 19.9.